The summed E-state index contributed by atoms with van der Waals surface area (Å²) in [5.41, 5.74) is 0. The summed E-state index contributed by atoms with van der Waals surface area (Å²) in [5, 5.41) is 0. The van der Waals surface area contributed by atoms with Crippen molar-refractivity contribution in [1.29, 1.82) is 0 Å². The molecule has 0 aromatic heterocycles. The van der Waals surface area contributed by atoms with E-state index in [1.54, 1.807) is 0 Å². The summed E-state index contributed by atoms with van der Waals surface area (Å²) in [5.74, 6) is 1.34. The van der Waals surface area contributed by atoms with Crippen LogP contribution in [0.1, 0.15) is 0 Å². The molecule has 0 aromatic rings. The van der Waals surface area contributed by atoms with E-state index in [2.05, 4.69) is 11.2 Å². The van der Waals surface area contributed by atoms with Crippen molar-refractivity contribution in [3.8, 4) is 12.3 Å². The molecule has 0 heterocycles. The Labute approximate surface area is 86.6 Å². The Kier molecular flexibility index (Phi) is 4.24. The predicted octanol–water partition coefficient (Wildman–Crippen LogP) is 1.46. The van der Waals surface area contributed by atoms with Crippen LogP contribution in [0.3, 0.4) is 0 Å². The largest absolute Gasteiger partial charge is 0.440 e. The van der Waals surface area contributed by atoms with Gasteiger partial charge in [-0.3, -0.25) is 0 Å². The van der Waals surface area contributed by atoms with Gasteiger partial charge in [-0.25, -0.2) is 8.78 Å². The van der Waals surface area contributed by atoms with Gasteiger partial charge in [0.1, 0.15) is 6.61 Å². The molecule has 0 N–H and O–H groups in total. The van der Waals surface area contributed by atoms with Crippen LogP contribution in [-0.4, -0.2) is 32.6 Å². The molecule has 0 saturated heterocycles. The number of rotatable bonds is 4. The minimum absolute atomic E-state index is 1.34. The number of hydrogen-bond donors (Lipinski definition) is 0. The Morgan fingerprint density at radius 3 is 1.94 bits per heavy atom. The smallest absolute Gasteiger partial charge is 0.332 e. The highest BCUT2D eigenvalue weighted by Gasteiger charge is 2.73. The van der Waals surface area contributed by atoms with E-state index in [1.807, 2.05) is 0 Å². The van der Waals surface area contributed by atoms with Gasteiger partial charge in [-0.15, -0.1) is 10.3 Å². The van der Waals surface area contributed by atoms with Crippen molar-refractivity contribution in [2.75, 3.05) is 6.61 Å². The van der Waals surface area contributed by atoms with Crippen LogP contribution in [0.5, 0.6) is 0 Å². The molecule has 0 aliphatic rings. The predicted molar refractivity (Wildman–Crippen MR) is 39.6 cm³/mol. The van der Waals surface area contributed by atoms with E-state index in [4.69, 9.17) is 0 Å². The van der Waals surface area contributed by atoms with Crippen LogP contribution >= 0.6 is 0 Å². The molecular formula is C6H4F6O3S. The van der Waals surface area contributed by atoms with Crippen molar-refractivity contribution < 1.29 is 39.0 Å². The molecule has 16 heavy (non-hydrogen) atoms. The van der Waals surface area contributed by atoms with E-state index in [0.717, 1.165) is 0 Å². The highest BCUT2D eigenvalue weighted by Crippen LogP contribution is 2.43. The van der Waals surface area contributed by atoms with Gasteiger partial charge < -0.3 is 4.74 Å². The molecule has 0 radical (unpaired) electrons. The minimum atomic E-state index is -6.75. The fourth-order valence-electron chi connectivity index (χ4n) is 0.732. The lowest BCUT2D eigenvalue weighted by atomic mass is 10.3. The summed E-state index contributed by atoms with van der Waals surface area (Å²) >= 11 is 0. The lowest BCUT2D eigenvalue weighted by Crippen LogP contribution is -2.58. The molecule has 10 heteroatoms. The summed E-state index contributed by atoms with van der Waals surface area (Å²) in [6.45, 7) is -1.44. The third-order valence-corrected chi connectivity index (χ3v) is 2.67. The first kappa shape index (κ1) is 15.0. The molecule has 0 rings (SSSR count). The third-order valence-electron chi connectivity index (χ3n) is 1.41. The van der Waals surface area contributed by atoms with E-state index in [-0.39, 0.29) is 0 Å². The van der Waals surface area contributed by atoms with E-state index in [9.17, 15) is 34.3 Å². The number of halogens is 6. The molecule has 0 spiro atoms. The maximum Gasteiger partial charge on any atom is 0.440 e. The molecule has 0 bridgehead atoms. The second-order valence-corrected chi connectivity index (χ2v) is 3.88. The van der Waals surface area contributed by atoms with Gasteiger partial charge in [-0.1, -0.05) is 5.92 Å². The zero-order valence-electron chi connectivity index (χ0n) is 7.26. The molecule has 0 saturated carbocycles. The summed E-state index contributed by atoms with van der Waals surface area (Å²) < 4.78 is 96.8. The summed E-state index contributed by atoms with van der Waals surface area (Å²) in [6, 6.07) is 0. The third kappa shape index (κ3) is 2.41. The van der Waals surface area contributed by atoms with Gasteiger partial charge in [0, 0.05) is 0 Å². The van der Waals surface area contributed by atoms with Gasteiger partial charge in [0.15, 0.2) is 0 Å². The van der Waals surface area contributed by atoms with Gasteiger partial charge in [0.05, 0.1) is 0 Å². The molecule has 94 valence electrons. The Morgan fingerprint density at radius 1 is 1.31 bits per heavy atom. The first-order chi connectivity index (χ1) is 7.00. The fourth-order valence-corrected chi connectivity index (χ4v) is 1.42. The van der Waals surface area contributed by atoms with Crippen LogP contribution < -0.4 is 0 Å². The van der Waals surface area contributed by atoms with E-state index in [1.165, 1.54) is 5.92 Å². The molecule has 0 aromatic carbocycles. The van der Waals surface area contributed by atoms with Crippen LogP contribution in [0.4, 0.5) is 25.8 Å². The molecule has 0 amide bonds. The summed E-state index contributed by atoms with van der Waals surface area (Å²) in [4.78, 5) is -5.24. The summed E-state index contributed by atoms with van der Waals surface area (Å²) in [6.07, 6.45) is -6.41. The van der Waals surface area contributed by atoms with Crippen molar-refractivity contribution in [2.45, 2.75) is 17.5 Å². The second-order valence-electron chi connectivity index (χ2n) is 2.40. The van der Waals surface area contributed by atoms with Gasteiger partial charge in [-0.2, -0.15) is 21.6 Å². The zero-order chi connectivity index (χ0) is 13.2. The molecule has 0 aliphatic carbocycles. The lowest BCUT2D eigenvalue weighted by Gasteiger charge is -2.29. The normalized spacial score (nSPS) is 16.9. The molecule has 1 unspecified atom stereocenters. The number of alkyl halides is 5. The van der Waals surface area contributed by atoms with Crippen molar-refractivity contribution in [2.24, 2.45) is 0 Å². The molecular weight excluding hydrogens is 266 g/mol. The number of terminal acetylenes is 1. The van der Waals surface area contributed by atoms with E-state index < -0.39 is 34.4 Å². The zero-order valence-corrected chi connectivity index (χ0v) is 8.08. The van der Waals surface area contributed by atoms with Crippen LogP contribution in [0.15, 0.2) is 0 Å². The van der Waals surface area contributed by atoms with Crippen LogP contribution in [0.2, 0.25) is 0 Å². The van der Waals surface area contributed by atoms with Gasteiger partial charge in [0.25, 0.3) is 6.43 Å². The van der Waals surface area contributed by atoms with E-state index >= 15 is 0 Å². The highest BCUT2D eigenvalue weighted by atomic mass is 32.3. The van der Waals surface area contributed by atoms with Crippen molar-refractivity contribution in [3.05, 3.63) is 0 Å². The van der Waals surface area contributed by atoms with Gasteiger partial charge >= 0.3 is 21.3 Å². The summed E-state index contributed by atoms with van der Waals surface area (Å²) in [7, 11) is -6.75. The molecule has 3 nitrogen and oxygen atoms in total. The average Bonchev–Trinajstić information content (AvgIpc) is 1.99. The van der Waals surface area contributed by atoms with Crippen molar-refractivity contribution >= 4 is 10.2 Å². The Morgan fingerprint density at radius 2 is 1.75 bits per heavy atom. The number of ether oxygens (including phenoxy) is 1. The van der Waals surface area contributed by atoms with Gasteiger partial charge in [-0.05, 0) is 0 Å². The standard InChI is InChI=1S/C6H4F6O3S/c1-2-3-15-5(4(7)8,6(9,10)11)16(12,13)14/h1,4H,3H2. The Balaban J connectivity index is 5.74. The lowest BCUT2D eigenvalue weighted by molar-refractivity contribution is -0.273. The second kappa shape index (κ2) is 4.50. The maximum atomic E-state index is 12.4. The topological polar surface area (TPSA) is 43.4 Å². The molecule has 0 fully saturated rings. The van der Waals surface area contributed by atoms with E-state index in [0.29, 0.717) is 0 Å². The van der Waals surface area contributed by atoms with Crippen LogP contribution in [0.25, 0.3) is 0 Å². The minimum Gasteiger partial charge on any atom is -0.332 e. The van der Waals surface area contributed by atoms with Crippen molar-refractivity contribution in [1.82, 2.24) is 0 Å². The van der Waals surface area contributed by atoms with Crippen LogP contribution in [-0.2, 0) is 15.0 Å². The fraction of sp³-hybridized carbons (Fsp3) is 0.667. The number of hydrogen-bond acceptors (Lipinski definition) is 3. The molecule has 0 aliphatic heterocycles. The van der Waals surface area contributed by atoms with Gasteiger partial charge in [0.2, 0.25) is 0 Å². The highest BCUT2D eigenvalue weighted by molar-refractivity contribution is 7.87. The average molecular weight is 270 g/mol. The first-order valence-electron chi connectivity index (χ1n) is 3.37. The SMILES string of the molecule is C#CCOC(C(F)F)(C(F)(F)F)S(=O)(=O)F. The van der Waals surface area contributed by atoms with Crippen molar-refractivity contribution in [3.63, 3.8) is 0 Å². The monoisotopic (exact) mass is 270 g/mol. The first-order valence-corrected chi connectivity index (χ1v) is 4.75. The molecule has 1 atom stereocenters. The quantitative estimate of drug-likeness (QED) is 0.441. The Hall–Kier alpha value is -0.950. The maximum absolute atomic E-state index is 12.4. The van der Waals surface area contributed by atoms with Crippen LogP contribution in [0, 0.1) is 12.3 Å². The Bertz CT molecular complexity index is 380.